The third-order valence-electron chi connectivity index (χ3n) is 4.44. The molecule has 3 rings (SSSR count). The normalized spacial score (nSPS) is 10.5. The van der Waals surface area contributed by atoms with Gasteiger partial charge in [0.05, 0.1) is 30.9 Å². The number of benzene rings is 3. The van der Waals surface area contributed by atoms with Crippen LogP contribution in [0.15, 0.2) is 71.8 Å². The molecule has 0 aliphatic heterocycles. The number of esters is 1. The quantitative estimate of drug-likeness (QED) is 0.183. The van der Waals surface area contributed by atoms with Gasteiger partial charge in [0.1, 0.15) is 5.75 Å². The average molecular weight is 449 g/mol. The van der Waals surface area contributed by atoms with Gasteiger partial charge in [-0.25, -0.2) is 10.2 Å². The van der Waals surface area contributed by atoms with Crippen LogP contribution >= 0.6 is 0 Å². The van der Waals surface area contributed by atoms with Gasteiger partial charge in [-0.1, -0.05) is 0 Å². The minimum Gasteiger partial charge on any atom is -0.497 e. The van der Waals surface area contributed by atoms with Gasteiger partial charge in [-0.3, -0.25) is 14.9 Å². The molecule has 0 aliphatic carbocycles. The molecule has 10 heteroatoms. The van der Waals surface area contributed by atoms with Gasteiger partial charge in [0.25, 0.3) is 11.6 Å². The van der Waals surface area contributed by atoms with E-state index < -0.39 is 16.8 Å². The van der Waals surface area contributed by atoms with E-state index in [1.807, 2.05) is 0 Å². The number of hydrogen-bond acceptors (Lipinski definition) is 8. The van der Waals surface area contributed by atoms with Crippen molar-refractivity contribution >= 4 is 23.8 Å². The molecule has 3 aromatic rings. The SMILES string of the molecule is COc1ccc(C(=O)Oc2ccc(C=NNC(=O)c3ccc([N+](=O)[O-])cc3)cc2OC)cc1. The van der Waals surface area contributed by atoms with Crippen molar-refractivity contribution in [1.82, 2.24) is 5.43 Å². The number of nitro benzene ring substituents is 1. The summed E-state index contributed by atoms with van der Waals surface area (Å²) in [6, 6.07) is 16.3. The van der Waals surface area contributed by atoms with Gasteiger partial charge >= 0.3 is 5.97 Å². The summed E-state index contributed by atoms with van der Waals surface area (Å²) >= 11 is 0. The Labute approximate surface area is 188 Å². The molecule has 0 aromatic heterocycles. The van der Waals surface area contributed by atoms with Gasteiger partial charge in [0.2, 0.25) is 0 Å². The predicted octanol–water partition coefficient (Wildman–Crippen LogP) is 3.60. The monoisotopic (exact) mass is 449 g/mol. The Morgan fingerprint density at radius 1 is 0.909 bits per heavy atom. The van der Waals surface area contributed by atoms with Crippen LogP contribution in [0, 0.1) is 10.1 Å². The number of nitrogens with zero attached hydrogens (tertiary/aromatic N) is 2. The molecule has 0 spiro atoms. The molecule has 0 radical (unpaired) electrons. The van der Waals surface area contributed by atoms with Crippen molar-refractivity contribution in [3.8, 4) is 17.2 Å². The van der Waals surface area contributed by atoms with Crippen molar-refractivity contribution in [2.45, 2.75) is 0 Å². The van der Waals surface area contributed by atoms with Crippen LogP contribution in [-0.2, 0) is 0 Å². The third kappa shape index (κ3) is 5.91. The number of ether oxygens (including phenoxy) is 3. The summed E-state index contributed by atoms with van der Waals surface area (Å²) in [4.78, 5) is 34.6. The highest BCUT2D eigenvalue weighted by atomic mass is 16.6. The first-order valence-electron chi connectivity index (χ1n) is 9.53. The van der Waals surface area contributed by atoms with Gasteiger partial charge in [-0.2, -0.15) is 5.10 Å². The number of nitro groups is 1. The van der Waals surface area contributed by atoms with Crippen molar-refractivity contribution in [3.05, 3.63) is 93.5 Å². The first kappa shape index (κ1) is 22.9. The van der Waals surface area contributed by atoms with Crippen molar-refractivity contribution < 1.29 is 28.7 Å². The number of carbonyl (C=O) groups is 2. The van der Waals surface area contributed by atoms with Crippen LogP contribution < -0.4 is 19.6 Å². The number of carbonyl (C=O) groups excluding carboxylic acids is 2. The largest absolute Gasteiger partial charge is 0.497 e. The van der Waals surface area contributed by atoms with Crippen LogP contribution in [0.1, 0.15) is 26.3 Å². The topological polar surface area (TPSA) is 129 Å². The van der Waals surface area contributed by atoms with Crippen molar-refractivity contribution in [2.24, 2.45) is 5.10 Å². The van der Waals surface area contributed by atoms with Crippen molar-refractivity contribution in [3.63, 3.8) is 0 Å². The molecule has 0 aliphatic rings. The van der Waals surface area contributed by atoms with Gasteiger partial charge in [-0.05, 0) is 60.2 Å². The summed E-state index contributed by atoms with van der Waals surface area (Å²) in [5.74, 6) is 0.0345. The van der Waals surface area contributed by atoms with Crippen LogP contribution in [0.25, 0.3) is 0 Å². The Bertz CT molecular complexity index is 1190. The van der Waals surface area contributed by atoms with Crippen LogP contribution in [-0.4, -0.2) is 37.2 Å². The number of hydrazone groups is 1. The molecule has 10 nitrogen and oxygen atoms in total. The fourth-order valence-corrected chi connectivity index (χ4v) is 2.70. The van der Waals surface area contributed by atoms with E-state index in [2.05, 4.69) is 10.5 Å². The third-order valence-corrected chi connectivity index (χ3v) is 4.44. The van der Waals surface area contributed by atoms with Gasteiger partial charge in [-0.15, -0.1) is 0 Å². The summed E-state index contributed by atoms with van der Waals surface area (Å²) < 4.78 is 15.8. The Balaban J connectivity index is 1.64. The molecule has 0 fully saturated rings. The Kier molecular flexibility index (Phi) is 7.32. The zero-order valence-electron chi connectivity index (χ0n) is 17.7. The molecule has 1 N–H and O–H groups in total. The van der Waals surface area contributed by atoms with E-state index in [-0.39, 0.29) is 17.0 Å². The van der Waals surface area contributed by atoms with E-state index in [0.29, 0.717) is 22.6 Å². The average Bonchev–Trinajstić information content (AvgIpc) is 2.84. The highest BCUT2D eigenvalue weighted by Crippen LogP contribution is 2.28. The molecule has 0 heterocycles. The molecule has 168 valence electrons. The summed E-state index contributed by atoms with van der Waals surface area (Å²) in [6.07, 6.45) is 1.38. The van der Waals surface area contributed by atoms with Crippen LogP contribution in [0.5, 0.6) is 17.2 Å². The second-order valence-corrected chi connectivity index (χ2v) is 6.53. The molecule has 0 bridgehead atoms. The van der Waals surface area contributed by atoms with Crippen LogP contribution in [0.4, 0.5) is 5.69 Å². The highest BCUT2D eigenvalue weighted by molar-refractivity contribution is 5.95. The first-order chi connectivity index (χ1) is 15.9. The summed E-state index contributed by atoms with van der Waals surface area (Å²) in [5, 5.41) is 14.6. The van der Waals surface area contributed by atoms with E-state index in [4.69, 9.17) is 14.2 Å². The maximum absolute atomic E-state index is 12.4. The van der Waals surface area contributed by atoms with E-state index in [9.17, 15) is 19.7 Å². The number of non-ortho nitro benzene ring substituents is 1. The second-order valence-electron chi connectivity index (χ2n) is 6.53. The fraction of sp³-hybridized carbons (Fsp3) is 0.0870. The highest BCUT2D eigenvalue weighted by Gasteiger charge is 2.13. The van der Waals surface area contributed by atoms with Crippen LogP contribution in [0.2, 0.25) is 0 Å². The van der Waals surface area contributed by atoms with Crippen molar-refractivity contribution in [1.29, 1.82) is 0 Å². The maximum atomic E-state index is 12.4. The summed E-state index contributed by atoms with van der Waals surface area (Å²) in [7, 11) is 2.96. The first-order valence-corrected chi connectivity index (χ1v) is 9.53. The Morgan fingerprint density at radius 3 is 2.18 bits per heavy atom. The van der Waals surface area contributed by atoms with Crippen molar-refractivity contribution in [2.75, 3.05) is 14.2 Å². The molecular formula is C23H19N3O7. The molecule has 0 saturated carbocycles. The summed E-state index contributed by atoms with van der Waals surface area (Å²) in [5.41, 5.74) is 3.35. The lowest BCUT2D eigenvalue weighted by Crippen LogP contribution is -2.17. The molecule has 0 unspecified atom stereocenters. The van der Waals surface area contributed by atoms with E-state index in [1.54, 1.807) is 42.5 Å². The fourth-order valence-electron chi connectivity index (χ4n) is 2.70. The Hall–Kier alpha value is -4.73. The van der Waals surface area contributed by atoms with E-state index >= 15 is 0 Å². The standard InChI is InChI=1S/C23H19N3O7/c1-31-19-10-6-17(7-11-19)23(28)33-20-12-3-15(13-21(20)32-2)14-24-25-22(27)16-4-8-18(9-5-16)26(29)30/h3-14H,1-2H3,(H,25,27). The van der Waals surface area contributed by atoms with E-state index in [1.165, 1.54) is 44.7 Å². The lowest BCUT2D eigenvalue weighted by Gasteiger charge is -2.10. The minimum absolute atomic E-state index is 0.116. The molecule has 3 aromatic carbocycles. The molecule has 33 heavy (non-hydrogen) atoms. The molecular weight excluding hydrogens is 430 g/mol. The smallest absolute Gasteiger partial charge is 0.343 e. The number of rotatable bonds is 8. The van der Waals surface area contributed by atoms with Crippen LogP contribution in [0.3, 0.4) is 0 Å². The van der Waals surface area contributed by atoms with Gasteiger partial charge in [0, 0.05) is 17.7 Å². The van der Waals surface area contributed by atoms with Gasteiger partial charge < -0.3 is 14.2 Å². The lowest BCUT2D eigenvalue weighted by atomic mass is 10.2. The number of nitrogens with one attached hydrogen (secondary N) is 1. The van der Waals surface area contributed by atoms with E-state index in [0.717, 1.165) is 0 Å². The Morgan fingerprint density at radius 2 is 1.58 bits per heavy atom. The minimum atomic E-state index is -0.562. The number of hydrogen-bond donors (Lipinski definition) is 1. The number of methoxy groups -OCH3 is 2. The summed E-state index contributed by atoms with van der Waals surface area (Å²) in [6.45, 7) is 0. The zero-order valence-corrected chi connectivity index (χ0v) is 17.7. The zero-order chi connectivity index (χ0) is 23.8. The maximum Gasteiger partial charge on any atom is 0.343 e. The molecule has 0 atom stereocenters. The molecule has 0 saturated heterocycles. The lowest BCUT2D eigenvalue weighted by molar-refractivity contribution is -0.384. The predicted molar refractivity (Wildman–Crippen MR) is 119 cm³/mol. The number of amides is 1. The molecule has 1 amide bonds. The van der Waals surface area contributed by atoms with Gasteiger partial charge in [0.15, 0.2) is 11.5 Å². The second kappa shape index (κ2) is 10.5.